The smallest absolute Gasteiger partial charge is 0.126 e. The molecule has 0 atom stereocenters. The van der Waals surface area contributed by atoms with Gasteiger partial charge in [-0.2, -0.15) is 0 Å². The average Bonchev–Trinajstić information content (AvgIpc) is 2.29. The van der Waals surface area contributed by atoms with E-state index in [4.69, 9.17) is 4.74 Å². The Morgan fingerprint density at radius 1 is 1.24 bits per heavy atom. The van der Waals surface area contributed by atoms with Crippen LogP contribution in [-0.2, 0) is 10.3 Å². The van der Waals surface area contributed by atoms with E-state index in [0.29, 0.717) is 0 Å². The van der Waals surface area contributed by atoms with Gasteiger partial charge in [-0.05, 0) is 40.2 Å². The van der Waals surface area contributed by atoms with Crippen LogP contribution in [0, 0.1) is 0 Å². The highest BCUT2D eigenvalue weighted by Gasteiger charge is 2.20. The van der Waals surface area contributed by atoms with Crippen LogP contribution >= 0.6 is 0 Å². The molecule has 0 aliphatic carbocycles. The summed E-state index contributed by atoms with van der Waals surface area (Å²) in [6, 6.07) is 4.07. The Morgan fingerprint density at radius 3 is 2.29 bits per heavy atom. The van der Waals surface area contributed by atoms with Crippen molar-refractivity contribution in [1.29, 1.82) is 0 Å². The molecule has 0 radical (unpaired) electrons. The average molecular weight is 236 g/mol. The third kappa shape index (κ3) is 3.70. The first-order valence-electron chi connectivity index (χ1n) is 6.10. The molecule has 0 spiro atoms. The topological polar surface area (TPSA) is 34.1 Å². The second kappa shape index (κ2) is 5.05. The Bertz CT molecular complexity index is 355. The lowest BCUT2D eigenvalue weighted by Crippen LogP contribution is -2.30. The Hall–Kier alpha value is -1.09. The van der Waals surface area contributed by atoms with Crippen molar-refractivity contribution in [3.05, 3.63) is 23.9 Å². The second-order valence-corrected chi connectivity index (χ2v) is 5.51. The summed E-state index contributed by atoms with van der Waals surface area (Å²) in [5.41, 5.74) is 0.872. The second-order valence-electron chi connectivity index (χ2n) is 5.51. The van der Waals surface area contributed by atoms with Gasteiger partial charge in [0.15, 0.2) is 0 Å². The van der Waals surface area contributed by atoms with Crippen LogP contribution in [0.4, 0.5) is 5.82 Å². The molecule has 1 aromatic heterocycles. The molecule has 0 aromatic carbocycles. The molecule has 1 heterocycles. The molecule has 0 aliphatic heterocycles. The van der Waals surface area contributed by atoms with E-state index in [1.165, 1.54) is 0 Å². The monoisotopic (exact) mass is 236 g/mol. The molecule has 0 aliphatic rings. The molecule has 17 heavy (non-hydrogen) atoms. The van der Waals surface area contributed by atoms with Crippen molar-refractivity contribution < 1.29 is 4.74 Å². The highest BCUT2D eigenvalue weighted by molar-refractivity contribution is 5.39. The Labute approximate surface area is 105 Å². The van der Waals surface area contributed by atoms with Crippen LogP contribution in [0.2, 0.25) is 0 Å². The lowest BCUT2D eigenvalue weighted by Gasteiger charge is -2.26. The number of hydrogen-bond donors (Lipinski definition) is 1. The normalized spacial score (nSPS) is 12.6. The molecule has 3 heteroatoms. The third-order valence-corrected chi connectivity index (χ3v) is 3.32. The predicted molar refractivity (Wildman–Crippen MR) is 72.3 cm³/mol. The highest BCUT2D eigenvalue weighted by atomic mass is 16.5. The molecule has 0 bridgehead atoms. The van der Waals surface area contributed by atoms with E-state index in [2.05, 4.69) is 37.1 Å². The summed E-state index contributed by atoms with van der Waals surface area (Å²) in [6.45, 7) is 10.6. The van der Waals surface area contributed by atoms with Crippen LogP contribution in [0.25, 0.3) is 0 Å². The Balaban J connectivity index is 2.82. The zero-order valence-corrected chi connectivity index (χ0v) is 11.8. The molecule has 1 aromatic rings. The number of methoxy groups -OCH3 is 1. The van der Waals surface area contributed by atoms with Crippen LogP contribution in [-0.4, -0.2) is 17.6 Å². The number of anilines is 1. The van der Waals surface area contributed by atoms with Gasteiger partial charge in [0.25, 0.3) is 0 Å². The minimum absolute atomic E-state index is 0.0747. The van der Waals surface area contributed by atoms with Gasteiger partial charge in [-0.1, -0.05) is 13.0 Å². The van der Waals surface area contributed by atoms with Gasteiger partial charge in [-0.15, -0.1) is 0 Å². The summed E-state index contributed by atoms with van der Waals surface area (Å²) in [7, 11) is 1.71. The van der Waals surface area contributed by atoms with E-state index in [0.717, 1.165) is 17.8 Å². The van der Waals surface area contributed by atoms with Crippen LogP contribution in [0.15, 0.2) is 18.3 Å². The molecule has 1 rings (SSSR count). The molecule has 3 nitrogen and oxygen atoms in total. The fourth-order valence-electron chi connectivity index (χ4n) is 1.38. The summed E-state index contributed by atoms with van der Waals surface area (Å²) in [5, 5.41) is 3.41. The van der Waals surface area contributed by atoms with Crippen LogP contribution in [0.5, 0.6) is 0 Å². The van der Waals surface area contributed by atoms with E-state index >= 15 is 0 Å². The Morgan fingerprint density at radius 2 is 1.88 bits per heavy atom. The SMILES string of the molecule is CCC(C)(C)Nc1ccc(C(C)(C)OC)cn1. The van der Waals surface area contributed by atoms with Crippen molar-refractivity contribution in [2.24, 2.45) is 0 Å². The predicted octanol–water partition coefficient (Wildman–Crippen LogP) is 3.56. The van der Waals surface area contributed by atoms with Gasteiger partial charge in [0.2, 0.25) is 0 Å². The molecule has 1 N–H and O–H groups in total. The fraction of sp³-hybridized carbons (Fsp3) is 0.643. The lowest BCUT2D eigenvalue weighted by molar-refractivity contribution is 0.0189. The number of nitrogens with zero attached hydrogens (tertiary/aromatic N) is 1. The number of aromatic nitrogens is 1. The zero-order chi connectivity index (χ0) is 13.1. The van der Waals surface area contributed by atoms with Gasteiger partial charge in [-0.25, -0.2) is 4.98 Å². The highest BCUT2D eigenvalue weighted by Crippen LogP contribution is 2.24. The third-order valence-electron chi connectivity index (χ3n) is 3.32. The van der Waals surface area contributed by atoms with Crippen molar-refractivity contribution in [2.45, 2.75) is 52.2 Å². The minimum atomic E-state index is -0.286. The first-order chi connectivity index (χ1) is 7.80. The largest absolute Gasteiger partial charge is 0.374 e. The van der Waals surface area contributed by atoms with Gasteiger partial charge >= 0.3 is 0 Å². The summed E-state index contributed by atoms with van der Waals surface area (Å²) >= 11 is 0. The maximum absolute atomic E-state index is 5.43. The number of nitrogens with one attached hydrogen (secondary N) is 1. The number of pyridine rings is 1. The Kier molecular flexibility index (Phi) is 4.15. The standard InChI is InChI=1S/C14H24N2O/c1-7-13(2,3)16-12-9-8-11(10-15-12)14(4,5)17-6/h8-10H,7H2,1-6H3,(H,15,16). The first-order valence-corrected chi connectivity index (χ1v) is 6.10. The lowest BCUT2D eigenvalue weighted by atomic mass is 9.99. The van der Waals surface area contributed by atoms with Crippen molar-refractivity contribution in [3.63, 3.8) is 0 Å². The summed E-state index contributed by atoms with van der Waals surface area (Å²) < 4.78 is 5.43. The number of rotatable bonds is 5. The van der Waals surface area contributed by atoms with Gasteiger partial charge in [-0.3, -0.25) is 0 Å². The molecule has 0 unspecified atom stereocenters. The first kappa shape index (κ1) is 14.0. The number of hydrogen-bond acceptors (Lipinski definition) is 3. The van der Waals surface area contributed by atoms with Crippen molar-refractivity contribution >= 4 is 5.82 Å². The molecule has 96 valence electrons. The molecular weight excluding hydrogens is 212 g/mol. The molecule has 0 saturated carbocycles. The maximum Gasteiger partial charge on any atom is 0.126 e. The fourth-order valence-corrected chi connectivity index (χ4v) is 1.38. The van der Waals surface area contributed by atoms with E-state index in [1.807, 2.05) is 26.1 Å². The van der Waals surface area contributed by atoms with Crippen LogP contribution < -0.4 is 5.32 Å². The number of ether oxygens (including phenoxy) is 1. The van der Waals surface area contributed by atoms with Gasteiger partial charge in [0.05, 0.1) is 5.60 Å². The van der Waals surface area contributed by atoms with Crippen LogP contribution in [0.1, 0.15) is 46.6 Å². The van der Waals surface area contributed by atoms with E-state index in [1.54, 1.807) is 7.11 Å². The molecular formula is C14H24N2O. The van der Waals surface area contributed by atoms with Gasteiger partial charge in [0.1, 0.15) is 5.82 Å². The van der Waals surface area contributed by atoms with Gasteiger partial charge in [0, 0.05) is 24.4 Å². The van der Waals surface area contributed by atoms with Crippen molar-refractivity contribution in [2.75, 3.05) is 12.4 Å². The van der Waals surface area contributed by atoms with Crippen molar-refractivity contribution in [1.82, 2.24) is 4.98 Å². The van der Waals surface area contributed by atoms with E-state index in [-0.39, 0.29) is 11.1 Å². The van der Waals surface area contributed by atoms with Crippen LogP contribution in [0.3, 0.4) is 0 Å². The van der Waals surface area contributed by atoms with E-state index in [9.17, 15) is 0 Å². The summed E-state index contributed by atoms with van der Waals surface area (Å²) in [6.07, 6.45) is 2.93. The summed E-state index contributed by atoms with van der Waals surface area (Å²) in [5.74, 6) is 0.910. The summed E-state index contributed by atoms with van der Waals surface area (Å²) in [4.78, 5) is 4.43. The molecule has 0 fully saturated rings. The molecule has 0 saturated heterocycles. The van der Waals surface area contributed by atoms with Crippen molar-refractivity contribution in [3.8, 4) is 0 Å². The molecule has 0 amide bonds. The van der Waals surface area contributed by atoms with Gasteiger partial charge < -0.3 is 10.1 Å². The quantitative estimate of drug-likeness (QED) is 0.848. The van der Waals surface area contributed by atoms with E-state index < -0.39 is 0 Å². The minimum Gasteiger partial charge on any atom is -0.374 e. The maximum atomic E-state index is 5.43. The zero-order valence-electron chi connectivity index (χ0n) is 11.8.